The fourth-order valence-corrected chi connectivity index (χ4v) is 5.14. The number of rotatable bonds is 3. The van der Waals surface area contributed by atoms with Crippen molar-refractivity contribution in [3.8, 4) is 34.1 Å². The van der Waals surface area contributed by atoms with Crippen molar-refractivity contribution in [3.63, 3.8) is 0 Å². The summed E-state index contributed by atoms with van der Waals surface area (Å²) in [6.45, 7) is 4.42. The van der Waals surface area contributed by atoms with Gasteiger partial charge in [-0.05, 0) is 41.4 Å². The molecule has 204 valence electrons. The van der Waals surface area contributed by atoms with Crippen molar-refractivity contribution in [1.82, 2.24) is 9.55 Å². The molecule has 0 fully saturated rings. The molecule has 3 heterocycles. The molecule has 5 heteroatoms. The molecule has 0 spiro atoms. The van der Waals surface area contributed by atoms with Crippen molar-refractivity contribution in [2.75, 3.05) is 0 Å². The van der Waals surface area contributed by atoms with E-state index in [2.05, 4.69) is 95.0 Å². The van der Waals surface area contributed by atoms with Gasteiger partial charge in [0, 0.05) is 11.9 Å². The Hall–Kier alpha value is -4.57. The van der Waals surface area contributed by atoms with Gasteiger partial charge in [-0.2, -0.15) is 0 Å². The first-order valence-electron chi connectivity index (χ1n) is 13.8. The number of hydrogen-bond acceptors (Lipinski definition) is 2. The number of benzene rings is 5. The molecule has 0 saturated heterocycles. The van der Waals surface area contributed by atoms with Gasteiger partial charge in [-0.15, -0.1) is 64.9 Å². The average Bonchev–Trinajstić information content (AvgIpc) is 3.43. The molecular weight excluding hydrogens is 695 g/mol. The summed E-state index contributed by atoms with van der Waals surface area (Å²) in [6.07, 6.45) is 5.33. The molecule has 1 aliphatic heterocycles. The molecule has 42 heavy (non-hydrogen) atoms. The second-order valence-corrected chi connectivity index (χ2v) is 10.3. The number of pyridine rings is 1. The van der Waals surface area contributed by atoms with Gasteiger partial charge in [0.1, 0.15) is 11.3 Å². The predicted molar refractivity (Wildman–Crippen MR) is 163 cm³/mol. The van der Waals surface area contributed by atoms with E-state index < -0.39 is 0 Å². The molecule has 8 rings (SSSR count). The van der Waals surface area contributed by atoms with Gasteiger partial charge in [0.25, 0.3) is 6.33 Å². The smallest absolute Gasteiger partial charge is 0.509 e. The van der Waals surface area contributed by atoms with Crippen LogP contribution in [0.1, 0.15) is 25.3 Å². The third kappa shape index (κ3) is 5.14. The standard InChI is InChI=1S/C26H19N2O.C11H8N.Ir/c1-17(2)18-10-12-21(13-11-18)27-16-28-23-14-19-6-3-4-7-20(19)15-25(23)29-24-9-5-8-22(27)26(24)28;1-2-6-10(7-3-1)11-8-4-5-9-12-11;/h3-13,15,17H,1-2H3;1-6,8-9H;/q2*-1;+3. The second-order valence-electron chi connectivity index (χ2n) is 10.3. The van der Waals surface area contributed by atoms with Gasteiger partial charge in [0.05, 0.1) is 17.0 Å². The Morgan fingerprint density at radius 2 is 1.62 bits per heavy atom. The summed E-state index contributed by atoms with van der Waals surface area (Å²) in [7, 11) is 0. The van der Waals surface area contributed by atoms with Crippen LogP contribution in [0.25, 0.3) is 44.4 Å². The number of imidazole rings is 1. The topological polar surface area (TPSA) is 30.9 Å². The Labute approximate surface area is 259 Å². The maximum absolute atomic E-state index is 6.27. The van der Waals surface area contributed by atoms with Gasteiger partial charge in [0.2, 0.25) is 0 Å². The maximum Gasteiger partial charge on any atom is 3.00 e. The molecular formula is C37H27IrN3O+. The third-order valence-electron chi connectivity index (χ3n) is 7.29. The minimum Gasteiger partial charge on any atom is -0.509 e. The molecule has 0 aliphatic carbocycles. The van der Waals surface area contributed by atoms with Gasteiger partial charge < -0.3 is 14.3 Å². The van der Waals surface area contributed by atoms with Crippen LogP contribution in [0.5, 0.6) is 11.5 Å². The monoisotopic (exact) mass is 722 g/mol. The first-order chi connectivity index (χ1) is 20.2. The maximum atomic E-state index is 6.27. The predicted octanol–water partition coefficient (Wildman–Crippen LogP) is 8.44. The van der Waals surface area contributed by atoms with Crippen molar-refractivity contribution in [2.24, 2.45) is 0 Å². The van der Waals surface area contributed by atoms with Gasteiger partial charge in [-0.3, -0.25) is 4.57 Å². The van der Waals surface area contributed by atoms with E-state index in [9.17, 15) is 0 Å². The molecule has 0 atom stereocenters. The van der Waals surface area contributed by atoms with E-state index in [4.69, 9.17) is 4.74 Å². The minimum atomic E-state index is 0. The van der Waals surface area contributed by atoms with Crippen LogP contribution in [-0.2, 0) is 20.1 Å². The van der Waals surface area contributed by atoms with Crippen LogP contribution >= 0.6 is 0 Å². The summed E-state index contributed by atoms with van der Waals surface area (Å²) in [6, 6.07) is 45.5. The normalized spacial score (nSPS) is 11.3. The fourth-order valence-electron chi connectivity index (χ4n) is 5.14. The van der Waals surface area contributed by atoms with Crippen molar-refractivity contribution in [2.45, 2.75) is 19.8 Å². The number of hydrogen-bond donors (Lipinski definition) is 0. The van der Waals surface area contributed by atoms with Crippen LogP contribution in [0.15, 0.2) is 121 Å². The Balaban J connectivity index is 0.000000205. The first-order valence-corrected chi connectivity index (χ1v) is 13.8. The van der Waals surface area contributed by atoms with Crippen molar-refractivity contribution in [1.29, 1.82) is 0 Å². The fraction of sp³-hybridized carbons (Fsp3) is 0.0811. The summed E-state index contributed by atoms with van der Waals surface area (Å²) in [5, 5.41) is 2.18. The van der Waals surface area contributed by atoms with Crippen LogP contribution in [0.4, 0.5) is 0 Å². The largest absolute Gasteiger partial charge is 3.00 e. The summed E-state index contributed by atoms with van der Waals surface area (Å²) >= 11 is 0. The van der Waals surface area contributed by atoms with E-state index in [-0.39, 0.29) is 20.1 Å². The Bertz CT molecular complexity index is 1940. The number of para-hydroxylation sites is 1. The van der Waals surface area contributed by atoms with Gasteiger partial charge in [-0.25, -0.2) is 0 Å². The summed E-state index contributed by atoms with van der Waals surface area (Å²) in [5.41, 5.74) is 7.39. The second kappa shape index (κ2) is 11.7. The van der Waals surface area contributed by atoms with E-state index in [1.165, 1.54) is 5.56 Å². The van der Waals surface area contributed by atoms with Crippen molar-refractivity contribution >= 4 is 21.8 Å². The number of ether oxygens (including phenoxy) is 1. The Morgan fingerprint density at radius 1 is 0.810 bits per heavy atom. The molecule has 2 aromatic heterocycles. The van der Waals surface area contributed by atoms with Crippen LogP contribution in [0, 0.1) is 18.5 Å². The van der Waals surface area contributed by atoms with Crippen molar-refractivity contribution < 1.29 is 29.4 Å². The summed E-state index contributed by atoms with van der Waals surface area (Å²) < 4.78 is 10.4. The SMILES string of the molecule is CC(C)c1ccc(-n2[c-][n+]3c4c(cccc42)Oc2cc4ccccc4[c-]c2-3)cc1.[Ir+3].[c-]1ccccc1-c1ccccn1. The van der Waals surface area contributed by atoms with Crippen LogP contribution < -0.4 is 9.30 Å². The molecule has 0 N–H and O–H groups in total. The van der Waals surface area contributed by atoms with E-state index in [1.54, 1.807) is 6.20 Å². The zero-order valence-corrected chi connectivity index (χ0v) is 25.6. The molecule has 1 aliphatic rings. The molecule has 0 saturated carbocycles. The summed E-state index contributed by atoms with van der Waals surface area (Å²) in [4.78, 5) is 4.22. The molecule has 0 unspecified atom stereocenters. The third-order valence-corrected chi connectivity index (χ3v) is 7.29. The van der Waals surface area contributed by atoms with E-state index >= 15 is 0 Å². The van der Waals surface area contributed by atoms with Gasteiger partial charge >= 0.3 is 20.1 Å². The zero-order valence-electron chi connectivity index (χ0n) is 23.2. The van der Waals surface area contributed by atoms with Crippen LogP contribution in [0.2, 0.25) is 0 Å². The number of aromatic nitrogens is 3. The van der Waals surface area contributed by atoms with E-state index in [0.717, 1.165) is 55.9 Å². The van der Waals surface area contributed by atoms with E-state index in [0.29, 0.717) is 5.92 Å². The molecule has 0 bridgehead atoms. The van der Waals surface area contributed by atoms with Gasteiger partial charge in [0.15, 0.2) is 0 Å². The number of nitrogens with zero attached hydrogens (tertiary/aromatic N) is 3. The minimum absolute atomic E-state index is 0. The zero-order chi connectivity index (χ0) is 27.8. The molecule has 4 nitrogen and oxygen atoms in total. The quantitative estimate of drug-likeness (QED) is 0.136. The number of fused-ring (bicyclic) bond motifs is 3. The Morgan fingerprint density at radius 3 is 2.38 bits per heavy atom. The van der Waals surface area contributed by atoms with Crippen LogP contribution in [-0.4, -0.2) is 9.55 Å². The molecule has 0 amide bonds. The van der Waals surface area contributed by atoms with Crippen molar-refractivity contribution in [3.05, 3.63) is 145 Å². The molecule has 7 aromatic rings. The first kappa shape index (κ1) is 27.6. The van der Waals surface area contributed by atoms with E-state index in [1.807, 2.05) is 66.7 Å². The Kier molecular flexibility index (Phi) is 7.71. The average molecular weight is 722 g/mol. The summed E-state index contributed by atoms with van der Waals surface area (Å²) in [5.74, 6) is 2.15. The van der Waals surface area contributed by atoms with Gasteiger partial charge in [-0.1, -0.05) is 68.4 Å². The van der Waals surface area contributed by atoms with Crippen LogP contribution in [0.3, 0.4) is 0 Å². The molecule has 0 radical (unpaired) electrons. The molecule has 5 aromatic carbocycles.